The summed E-state index contributed by atoms with van der Waals surface area (Å²) in [6.07, 6.45) is 0. The molecule has 0 saturated carbocycles. The highest BCUT2D eigenvalue weighted by Crippen LogP contribution is 2.20. The number of morpholine rings is 1. The molecule has 1 fully saturated rings. The van der Waals surface area contributed by atoms with E-state index in [0.29, 0.717) is 32.0 Å². The molecule has 0 spiro atoms. The molecule has 0 atom stereocenters. The Morgan fingerprint density at radius 3 is 2.48 bits per heavy atom. The maximum absolute atomic E-state index is 12.6. The zero-order valence-corrected chi connectivity index (χ0v) is 16.9. The van der Waals surface area contributed by atoms with Crippen molar-refractivity contribution in [1.82, 2.24) is 14.1 Å². The lowest BCUT2D eigenvalue weighted by Crippen LogP contribution is -2.40. The van der Waals surface area contributed by atoms with Crippen LogP contribution in [0.5, 0.6) is 0 Å². The predicted octanol–water partition coefficient (Wildman–Crippen LogP) is 0.870. The summed E-state index contributed by atoms with van der Waals surface area (Å²) in [6.45, 7) is 3.25. The Hall–Kier alpha value is -2.76. The smallest absolute Gasteiger partial charge is 0.356 e. The van der Waals surface area contributed by atoms with E-state index in [9.17, 15) is 18.0 Å². The van der Waals surface area contributed by atoms with Crippen molar-refractivity contribution in [2.75, 3.05) is 38.2 Å². The van der Waals surface area contributed by atoms with E-state index in [0.717, 1.165) is 0 Å². The molecule has 0 unspecified atom stereocenters. The lowest BCUT2D eigenvalue weighted by Gasteiger charge is -2.26. The maximum atomic E-state index is 12.6. The number of aromatic nitrogens is 2. The molecule has 0 radical (unpaired) electrons. The van der Waals surface area contributed by atoms with Crippen LogP contribution in [0.1, 0.15) is 27.9 Å². The molecule has 2 heterocycles. The molecule has 3 rings (SSSR count). The Morgan fingerprint density at radius 2 is 1.86 bits per heavy atom. The second-order valence-corrected chi connectivity index (χ2v) is 8.19. The molecule has 0 bridgehead atoms. The van der Waals surface area contributed by atoms with E-state index in [2.05, 4.69) is 10.4 Å². The molecule has 2 aromatic rings. The number of rotatable bonds is 6. The standard InChI is InChI=1S/C18H22N4O6S/c1-3-28-18(24)16-12-15(20-21(16)2)17(23)19-13-4-6-14(7-5-13)29(25,26)22-8-10-27-11-9-22/h4-7,12H,3,8-11H2,1-2H3,(H,19,23). The Labute approximate surface area is 168 Å². The molecule has 11 heteroatoms. The first-order valence-corrected chi connectivity index (χ1v) is 10.5. The minimum Gasteiger partial charge on any atom is -0.461 e. The first-order chi connectivity index (χ1) is 13.8. The Balaban J connectivity index is 1.70. The van der Waals surface area contributed by atoms with Crippen LogP contribution in [0.3, 0.4) is 0 Å². The third-order valence-corrected chi connectivity index (χ3v) is 6.23. The van der Waals surface area contributed by atoms with E-state index in [1.54, 1.807) is 6.92 Å². The number of sulfonamides is 1. The monoisotopic (exact) mass is 422 g/mol. The second-order valence-electron chi connectivity index (χ2n) is 6.25. The van der Waals surface area contributed by atoms with Crippen molar-refractivity contribution in [3.05, 3.63) is 41.7 Å². The molecular weight excluding hydrogens is 400 g/mol. The van der Waals surface area contributed by atoms with Gasteiger partial charge in [-0.1, -0.05) is 0 Å². The first kappa shape index (κ1) is 21.0. The predicted molar refractivity (Wildman–Crippen MR) is 103 cm³/mol. The fourth-order valence-electron chi connectivity index (χ4n) is 2.82. The third kappa shape index (κ3) is 4.63. The van der Waals surface area contributed by atoms with Gasteiger partial charge < -0.3 is 14.8 Å². The van der Waals surface area contributed by atoms with E-state index in [4.69, 9.17) is 9.47 Å². The number of hydrogen-bond donors (Lipinski definition) is 1. The summed E-state index contributed by atoms with van der Waals surface area (Å²) in [7, 11) is -2.07. The maximum Gasteiger partial charge on any atom is 0.356 e. The lowest BCUT2D eigenvalue weighted by atomic mass is 10.3. The molecule has 1 aromatic heterocycles. The van der Waals surface area contributed by atoms with Gasteiger partial charge in [0.05, 0.1) is 24.7 Å². The highest BCUT2D eigenvalue weighted by Gasteiger charge is 2.26. The normalized spacial score (nSPS) is 15.1. The number of ether oxygens (including phenoxy) is 2. The number of benzene rings is 1. The summed E-state index contributed by atoms with van der Waals surface area (Å²) in [5, 5.41) is 6.65. The average molecular weight is 422 g/mol. The van der Waals surface area contributed by atoms with E-state index < -0.39 is 21.9 Å². The van der Waals surface area contributed by atoms with Crippen LogP contribution in [-0.4, -0.2) is 67.3 Å². The number of hydrogen-bond acceptors (Lipinski definition) is 7. The van der Waals surface area contributed by atoms with E-state index in [1.807, 2.05) is 0 Å². The highest BCUT2D eigenvalue weighted by atomic mass is 32.2. The van der Waals surface area contributed by atoms with Crippen LogP contribution < -0.4 is 5.32 Å². The number of anilines is 1. The Morgan fingerprint density at radius 1 is 1.21 bits per heavy atom. The molecule has 1 amide bonds. The third-order valence-electron chi connectivity index (χ3n) is 4.32. The summed E-state index contributed by atoms with van der Waals surface area (Å²) in [6, 6.07) is 7.21. The van der Waals surface area contributed by atoms with Gasteiger partial charge in [0.25, 0.3) is 5.91 Å². The number of amides is 1. The van der Waals surface area contributed by atoms with Gasteiger partial charge in [-0.05, 0) is 31.2 Å². The quantitative estimate of drug-likeness (QED) is 0.686. The lowest BCUT2D eigenvalue weighted by molar-refractivity contribution is 0.0513. The van der Waals surface area contributed by atoms with Crippen LogP contribution >= 0.6 is 0 Å². The van der Waals surface area contributed by atoms with Crippen LogP contribution in [0.4, 0.5) is 5.69 Å². The highest BCUT2D eigenvalue weighted by molar-refractivity contribution is 7.89. The number of nitrogens with one attached hydrogen (secondary N) is 1. The molecule has 1 N–H and O–H groups in total. The topological polar surface area (TPSA) is 120 Å². The number of carbonyl (C=O) groups excluding carboxylic acids is 2. The van der Waals surface area contributed by atoms with E-state index >= 15 is 0 Å². The number of esters is 1. The van der Waals surface area contributed by atoms with Gasteiger partial charge in [0.1, 0.15) is 5.69 Å². The molecule has 10 nitrogen and oxygen atoms in total. The van der Waals surface area contributed by atoms with Gasteiger partial charge in [0.15, 0.2) is 5.69 Å². The molecule has 29 heavy (non-hydrogen) atoms. The average Bonchev–Trinajstić information content (AvgIpc) is 3.11. The summed E-state index contributed by atoms with van der Waals surface area (Å²) in [4.78, 5) is 24.4. The van der Waals surface area contributed by atoms with E-state index in [1.165, 1.54) is 46.4 Å². The molecule has 0 aliphatic carbocycles. The molecule has 156 valence electrons. The van der Waals surface area contributed by atoms with Crippen LogP contribution in [0, 0.1) is 0 Å². The van der Waals surface area contributed by atoms with Gasteiger partial charge in [0, 0.05) is 31.9 Å². The largest absolute Gasteiger partial charge is 0.461 e. The van der Waals surface area contributed by atoms with Crippen LogP contribution in [0.2, 0.25) is 0 Å². The van der Waals surface area contributed by atoms with E-state index in [-0.39, 0.29) is 22.9 Å². The van der Waals surface area contributed by atoms with Gasteiger partial charge in [-0.15, -0.1) is 0 Å². The summed E-state index contributed by atoms with van der Waals surface area (Å²) in [5.41, 5.74) is 0.601. The number of nitrogens with zero attached hydrogens (tertiary/aromatic N) is 3. The minimum atomic E-state index is -3.60. The van der Waals surface area contributed by atoms with Crippen LogP contribution in [-0.2, 0) is 26.5 Å². The summed E-state index contributed by atoms with van der Waals surface area (Å²) >= 11 is 0. The minimum absolute atomic E-state index is 0.0422. The zero-order valence-electron chi connectivity index (χ0n) is 16.1. The van der Waals surface area contributed by atoms with Crippen molar-refractivity contribution in [1.29, 1.82) is 0 Å². The van der Waals surface area contributed by atoms with Crippen molar-refractivity contribution >= 4 is 27.6 Å². The van der Waals surface area contributed by atoms with Crippen molar-refractivity contribution in [3.63, 3.8) is 0 Å². The fourth-order valence-corrected chi connectivity index (χ4v) is 4.22. The number of carbonyl (C=O) groups is 2. The van der Waals surface area contributed by atoms with Gasteiger partial charge >= 0.3 is 5.97 Å². The van der Waals surface area contributed by atoms with Crippen molar-refractivity contribution in [2.45, 2.75) is 11.8 Å². The molecule has 1 saturated heterocycles. The fraction of sp³-hybridized carbons (Fsp3) is 0.389. The Bertz CT molecular complexity index is 994. The SMILES string of the molecule is CCOC(=O)c1cc(C(=O)Nc2ccc(S(=O)(=O)N3CCOCC3)cc2)nn1C. The van der Waals surface area contributed by atoms with Gasteiger partial charge in [-0.25, -0.2) is 13.2 Å². The molecule has 1 aliphatic heterocycles. The summed E-state index contributed by atoms with van der Waals surface area (Å²) in [5.74, 6) is -1.10. The van der Waals surface area contributed by atoms with Crippen molar-refractivity contribution in [3.8, 4) is 0 Å². The first-order valence-electron chi connectivity index (χ1n) is 9.03. The van der Waals surface area contributed by atoms with Crippen LogP contribution in [0.25, 0.3) is 0 Å². The molecule has 1 aliphatic rings. The van der Waals surface area contributed by atoms with Gasteiger partial charge in [-0.2, -0.15) is 9.40 Å². The van der Waals surface area contributed by atoms with Gasteiger partial charge in [-0.3, -0.25) is 9.48 Å². The molecular formula is C18H22N4O6S. The second kappa shape index (κ2) is 8.72. The number of aryl methyl sites for hydroxylation is 1. The molecule has 1 aromatic carbocycles. The van der Waals surface area contributed by atoms with Gasteiger partial charge in [0.2, 0.25) is 10.0 Å². The summed E-state index contributed by atoms with van der Waals surface area (Å²) < 4.78 is 38.0. The van der Waals surface area contributed by atoms with Crippen molar-refractivity contribution in [2.24, 2.45) is 7.05 Å². The Kier molecular flexibility index (Phi) is 6.30. The van der Waals surface area contributed by atoms with Crippen molar-refractivity contribution < 1.29 is 27.5 Å². The van der Waals surface area contributed by atoms with Crippen LogP contribution in [0.15, 0.2) is 35.2 Å². The zero-order chi connectivity index (χ0) is 21.0.